The minimum absolute atomic E-state index is 0.155. The van der Waals surface area contributed by atoms with Crippen LogP contribution in [0.3, 0.4) is 0 Å². The van der Waals surface area contributed by atoms with Gasteiger partial charge >= 0.3 is 0 Å². The van der Waals surface area contributed by atoms with Gasteiger partial charge in [0.25, 0.3) is 0 Å². The molecule has 0 radical (unpaired) electrons. The van der Waals surface area contributed by atoms with E-state index in [4.69, 9.17) is 4.98 Å². The third kappa shape index (κ3) is 1.97. The van der Waals surface area contributed by atoms with E-state index in [1.54, 1.807) is 11.3 Å². The molecule has 96 valence electrons. The van der Waals surface area contributed by atoms with Gasteiger partial charge in [0, 0.05) is 12.5 Å². The van der Waals surface area contributed by atoms with Crippen LogP contribution in [-0.2, 0) is 12.5 Å². The molecule has 3 rings (SSSR count). The number of rotatable bonds is 2. The molecule has 0 spiro atoms. The quantitative estimate of drug-likeness (QED) is 0.902. The van der Waals surface area contributed by atoms with Gasteiger partial charge in [0.15, 0.2) is 5.82 Å². The third-order valence-corrected chi connectivity index (χ3v) is 4.62. The van der Waals surface area contributed by atoms with Crippen LogP contribution in [0.4, 0.5) is 0 Å². The normalized spacial score (nSPS) is 19.0. The van der Waals surface area contributed by atoms with Gasteiger partial charge in [0.05, 0.1) is 4.88 Å². The lowest BCUT2D eigenvalue weighted by Gasteiger charge is -2.32. The number of hydrogen-bond acceptors (Lipinski definition) is 4. The molecule has 0 amide bonds. The summed E-state index contributed by atoms with van der Waals surface area (Å²) in [5.74, 6) is 1.98. The second-order valence-electron chi connectivity index (χ2n) is 5.17. The third-order valence-electron chi connectivity index (χ3n) is 3.75. The van der Waals surface area contributed by atoms with Gasteiger partial charge < -0.3 is 5.32 Å². The predicted molar refractivity (Wildman–Crippen MR) is 73.8 cm³/mol. The lowest BCUT2D eigenvalue weighted by atomic mass is 9.80. The van der Waals surface area contributed by atoms with Crippen LogP contribution in [0, 0.1) is 0 Å². The van der Waals surface area contributed by atoms with Gasteiger partial charge in [-0.2, -0.15) is 5.10 Å². The highest BCUT2D eigenvalue weighted by Crippen LogP contribution is 2.33. The molecule has 2 aromatic heterocycles. The first kappa shape index (κ1) is 11.9. The molecule has 5 heteroatoms. The lowest BCUT2D eigenvalue weighted by Crippen LogP contribution is -2.39. The van der Waals surface area contributed by atoms with E-state index >= 15 is 0 Å². The number of piperidine rings is 1. The van der Waals surface area contributed by atoms with E-state index in [-0.39, 0.29) is 5.41 Å². The van der Waals surface area contributed by atoms with Crippen molar-refractivity contribution in [3.63, 3.8) is 0 Å². The van der Waals surface area contributed by atoms with E-state index in [1.165, 1.54) is 0 Å². The van der Waals surface area contributed by atoms with Crippen molar-refractivity contribution in [1.82, 2.24) is 20.1 Å². The van der Waals surface area contributed by atoms with Crippen molar-refractivity contribution in [2.24, 2.45) is 7.05 Å². The van der Waals surface area contributed by atoms with Crippen LogP contribution in [0.2, 0.25) is 0 Å². The Balaban J connectivity index is 1.97. The maximum atomic E-state index is 4.78. The molecule has 0 aromatic carbocycles. The monoisotopic (exact) mass is 262 g/mol. The Morgan fingerprint density at radius 3 is 2.83 bits per heavy atom. The average Bonchev–Trinajstić information content (AvgIpc) is 2.98. The summed E-state index contributed by atoms with van der Waals surface area (Å²) in [6, 6.07) is 4.12. The zero-order valence-corrected chi connectivity index (χ0v) is 11.6. The summed E-state index contributed by atoms with van der Waals surface area (Å²) in [4.78, 5) is 5.93. The van der Waals surface area contributed by atoms with Crippen molar-refractivity contribution < 1.29 is 0 Å². The maximum absolute atomic E-state index is 4.78. The molecule has 2 aromatic rings. The highest BCUT2D eigenvalue weighted by molar-refractivity contribution is 7.13. The molecular weight excluding hydrogens is 244 g/mol. The van der Waals surface area contributed by atoms with Crippen LogP contribution < -0.4 is 5.32 Å². The first-order valence-corrected chi connectivity index (χ1v) is 7.23. The Hall–Kier alpha value is -1.20. The minimum atomic E-state index is 0.155. The number of thiophene rings is 1. The molecular formula is C13H18N4S. The summed E-state index contributed by atoms with van der Waals surface area (Å²) in [5.41, 5.74) is 0.155. The molecule has 1 aliphatic rings. The van der Waals surface area contributed by atoms with Crippen molar-refractivity contribution >= 4 is 11.3 Å². The van der Waals surface area contributed by atoms with Gasteiger partial charge in [-0.05, 0) is 37.4 Å². The van der Waals surface area contributed by atoms with E-state index < -0.39 is 0 Å². The fraction of sp³-hybridized carbons (Fsp3) is 0.538. The Labute approximate surface area is 111 Å². The Bertz CT molecular complexity index is 523. The number of nitrogens with one attached hydrogen (secondary N) is 1. The summed E-state index contributed by atoms with van der Waals surface area (Å²) in [5, 5.41) is 10.0. The molecule has 0 aliphatic carbocycles. The van der Waals surface area contributed by atoms with Crippen molar-refractivity contribution in [2.45, 2.75) is 25.2 Å². The average molecular weight is 262 g/mol. The second kappa shape index (κ2) is 4.48. The van der Waals surface area contributed by atoms with Crippen LogP contribution in [0.1, 0.15) is 25.6 Å². The molecule has 4 nitrogen and oxygen atoms in total. The Morgan fingerprint density at radius 2 is 2.17 bits per heavy atom. The summed E-state index contributed by atoms with van der Waals surface area (Å²) in [6.45, 7) is 4.44. The Kier molecular flexibility index (Phi) is 2.95. The van der Waals surface area contributed by atoms with Gasteiger partial charge in [-0.25, -0.2) is 4.98 Å². The van der Waals surface area contributed by atoms with E-state index in [2.05, 4.69) is 28.8 Å². The Morgan fingerprint density at radius 1 is 1.39 bits per heavy atom. The molecule has 3 heterocycles. The fourth-order valence-corrected chi connectivity index (χ4v) is 3.28. The van der Waals surface area contributed by atoms with Crippen LogP contribution in [-0.4, -0.2) is 27.9 Å². The number of aromatic nitrogens is 3. The highest BCUT2D eigenvalue weighted by atomic mass is 32.1. The van der Waals surface area contributed by atoms with E-state index in [1.807, 2.05) is 17.8 Å². The first-order chi connectivity index (χ1) is 8.69. The molecule has 0 saturated carbocycles. The largest absolute Gasteiger partial charge is 0.317 e. The lowest BCUT2D eigenvalue weighted by molar-refractivity contribution is 0.309. The number of hydrogen-bond donors (Lipinski definition) is 1. The van der Waals surface area contributed by atoms with Gasteiger partial charge in [-0.3, -0.25) is 4.68 Å². The summed E-state index contributed by atoms with van der Waals surface area (Å²) in [7, 11) is 2.01. The van der Waals surface area contributed by atoms with Crippen LogP contribution >= 0.6 is 11.3 Å². The minimum Gasteiger partial charge on any atom is -0.317 e. The van der Waals surface area contributed by atoms with Gasteiger partial charge in [0.1, 0.15) is 5.82 Å². The topological polar surface area (TPSA) is 42.7 Å². The van der Waals surface area contributed by atoms with E-state index in [0.29, 0.717) is 0 Å². The van der Waals surface area contributed by atoms with Gasteiger partial charge in [0.2, 0.25) is 0 Å². The predicted octanol–water partition coefficient (Wildman–Crippen LogP) is 2.18. The second-order valence-corrected chi connectivity index (χ2v) is 6.12. The van der Waals surface area contributed by atoms with E-state index in [0.717, 1.165) is 42.5 Å². The first-order valence-electron chi connectivity index (χ1n) is 6.35. The summed E-state index contributed by atoms with van der Waals surface area (Å²) in [6.07, 6.45) is 2.26. The van der Waals surface area contributed by atoms with Crippen molar-refractivity contribution in [2.75, 3.05) is 13.1 Å². The molecule has 1 saturated heterocycles. The number of nitrogens with zero attached hydrogens (tertiary/aromatic N) is 3. The molecule has 0 atom stereocenters. The highest BCUT2D eigenvalue weighted by Gasteiger charge is 2.33. The van der Waals surface area contributed by atoms with Crippen LogP contribution in [0.15, 0.2) is 17.5 Å². The molecule has 18 heavy (non-hydrogen) atoms. The molecule has 1 N–H and O–H groups in total. The van der Waals surface area contributed by atoms with Crippen molar-refractivity contribution in [1.29, 1.82) is 0 Å². The zero-order valence-electron chi connectivity index (χ0n) is 10.8. The smallest absolute Gasteiger partial charge is 0.191 e. The molecule has 0 bridgehead atoms. The summed E-state index contributed by atoms with van der Waals surface area (Å²) < 4.78 is 1.96. The maximum Gasteiger partial charge on any atom is 0.191 e. The zero-order chi connectivity index (χ0) is 12.6. The van der Waals surface area contributed by atoms with Crippen molar-refractivity contribution in [3.05, 3.63) is 23.3 Å². The van der Waals surface area contributed by atoms with E-state index in [9.17, 15) is 0 Å². The standard InChI is InChI=1S/C13H18N4S/c1-13(5-7-14-8-6-13)12-15-11(16-17(12)2)10-4-3-9-18-10/h3-4,9,14H,5-8H2,1-2H3. The van der Waals surface area contributed by atoms with Crippen LogP contribution in [0.25, 0.3) is 10.7 Å². The number of aryl methyl sites for hydroxylation is 1. The van der Waals surface area contributed by atoms with Crippen LogP contribution in [0.5, 0.6) is 0 Å². The van der Waals surface area contributed by atoms with Gasteiger partial charge in [-0.15, -0.1) is 11.3 Å². The van der Waals surface area contributed by atoms with Crippen molar-refractivity contribution in [3.8, 4) is 10.7 Å². The summed E-state index contributed by atoms with van der Waals surface area (Å²) >= 11 is 1.69. The molecule has 0 unspecified atom stereocenters. The fourth-order valence-electron chi connectivity index (χ4n) is 2.62. The SMILES string of the molecule is Cn1nc(-c2cccs2)nc1C1(C)CCNCC1. The van der Waals surface area contributed by atoms with Gasteiger partial charge in [-0.1, -0.05) is 13.0 Å². The molecule has 1 aliphatic heterocycles. The molecule has 1 fully saturated rings.